The Balaban J connectivity index is 1.56. The number of nitro benzene ring substituents is 1. The second kappa shape index (κ2) is 6.57. The fourth-order valence-corrected chi connectivity index (χ4v) is 3.13. The van der Waals surface area contributed by atoms with Gasteiger partial charge < -0.3 is 18.3 Å². The van der Waals surface area contributed by atoms with Gasteiger partial charge in [0.25, 0.3) is 16.8 Å². The summed E-state index contributed by atoms with van der Waals surface area (Å²) in [5.41, 5.74) is 1.32. The third-order valence-electron chi connectivity index (χ3n) is 3.47. The molecule has 3 aromatic rings. The van der Waals surface area contributed by atoms with Crippen molar-refractivity contribution in [2.45, 2.75) is 17.6 Å². The summed E-state index contributed by atoms with van der Waals surface area (Å²) < 4.78 is 21.4. The van der Waals surface area contributed by atoms with E-state index in [1.807, 2.05) is 0 Å². The van der Waals surface area contributed by atoms with Gasteiger partial charge in [-0.05, 0) is 12.1 Å². The molecule has 2 aromatic heterocycles. The molecule has 0 aliphatic carbocycles. The molecule has 128 valence electrons. The van der Waals surface area contributed by atoms with Gasteiger partial charge in [0, 0.05) is 29.0 Å². The maximum Gasteiger partial charge on any atom is 0.284 e. The summed E-state index contributed by atoms with van der Waals surface area (Å²) in [6, 6.07) is 6.39. The Labute approximate surface area is 145 Å². The van der Waals surface area contributed by atoms with E-state index in [0.29, 0.717) is 33.6 Å². The van der Waals surface area contributed by atoms with Crippen molar-refractivity contribution in [1.82, 2.24) is 10.2 Å². The van der Waals surface area contributed by atoms with E-state index in [9.17, 15) is 10.1 Å². The first kappa shape index (κ1) is 15.7. The second-order valence-electron chi connectivity index (χ2n) is 5.10. The molecule has 0 bridgehead atoms. The minimum absolute atomic E-state index is 0.00902. The van der Waals surface area contributed by atoms with Gasteiger partial charge in [-0.25, -0.2) is 0 Å². The van der Waals surface area contributed by atoms with E-state index in [1.54, 1.807) is 12.1 Å². The lowest BCUT2D eigenvalue weighted by Crippen LogP contribution is -2.13. The summed E-state index contributed by atoms with van der Waals surface area (Å²) in [6.07, 6.45) is 1.52. The Morgan fingerprint density at radius 2 is 2.24 bits per heavy atom. The van der Waals surface area contributed by atoms with E-state index < -0.39 is 4.92 Å². The van der Waals surface area contributed by atoms with Crippen molar-refractivity contribution in [2.24, 2.45) is 0 Å². The molecule has 1 aromatic carbocycles. The number of benzene rings is 1. The predicted molar refractivity (Wildman–Crippen MR) is 84.9 cm³/mol. The van der Waals surface area contributed by atoms with Crippen molar-refractivity contribution < 1.29 is 23.2 Å². The van der Waals surface area contributed by atoms with Crippen LogP contribution in [0.15, 0.2) is 44.6 Å². The van der Waals surface area contributed by atoms with Crippen LogP contribution in [0, 0.1) is 10.1 Å². The van der Waals surface area contributed by atoms with Gasteiger partial charge in [0.15, 0.2) is 12.6 Å². The highest BCUT2D eigenvalue weighted by molar-refractivity contribution is 7.98. The molecule has 9 nitrogen and oxygen atoms in total. The normalized spacial score (nSPS) is 13.3. The molecule has 4 rings (SSSR count). The Bertz CT molecular complexity index is 908. The van der Waals surface area contributed by atoms with Crippen LogP contribution in [-0.4, -0.2) is 21.9 Å². The third-order valence-corrected chi connectivity index (χ3v) is 4.34. The van der Waals surface area contributed by atoms with Crippen LogP contribution >= 0.6 is 11.8 Å². The van der Waals surface area contributed by atoms with Gasteiger partial charge in [0.2, 0.25) is 0 Å². The zero-order valence-electron chi connectivity index (χ0n) is 12.7. The smallest absolute Gasteiger partial charge is 0.284 e. The molecule has 1 aliphatic rings. The van der Waals surface area contributed by atoms with Gasteiger partial charge in [-0.2, -0.15) is 0 Å². The Morgan fingerprint density at radius 3 is 3.04 bits per heavy atom. The molecule has 0 saturated carbocycles. The van der Waals surface area contributed by atoms with Crippen molar-refractivity contribution in [2.75, 3.05) is 6.79 Å². The Kier molecular flexibility index (Phi) is 4.12. The van der Waals surface area contributed by atoms with Gasteiger partial charge in [0.1, 0.15) is 5.75 Å². The van der Waals surface area contributed by atoms with Gasteiger partial charge in [-0.1, -0.05) is 11.8 Å². The molecular weight excluding hydrogens is 350 g/mol. The zero-order chi connectivity index (χ0) is 17.2. The Morgan fingerprint density at radius 1 is 1.32 bits per heavy atom. The van der Waals surface area contributed by atoms with Crippen LogP contribution in [0.4, 0.5) is 5.69 Å². The van der Waals surface area contributed by atoms with E-state index in [0.717, 1.165) is 0 Å². The maximum atomic E-state index is 11.1. The van der Waals surface area contributed by atoms with Crippen LogP contribution < -0.4 is 4.74 Å². The number of thioether (sulfide) groups is 1. The number of non-ortho nitro benzene ring substituents is 1. The average Bonchev–Trinajstić information content (AvgIpc) is 3.30. The van der Waals surface area contributed by atoms with Crippen LogP contribution in [0.2, 0.25) is 0 Å². The summed E-state index contributed by atoms with van der Waals surface area (Å²) in [7, 11) is 0. The third kappa shape index (κ3) is 3.21. The van der Waals surface area contributed by atoms with E-state index in [-0.39, 0.29) is 25.0 Å². The first-order valence-corrected chi connectivity index (χ1v) is 8.20. The summed E-state index contributed by atoms with van der Waals surface area (Å²) in [6.45, 7) is 0.392. The molecular formula is C15H11N3O6S. The highest BCUT2D eigenvalue weighted by atomic mass is 32.2. The van der Waals surface area contributed by atoms with Crippen LogP contribution in [0.3, 0.4) is 0 Å². The first-order valence-electron chi connectivity index (χ1n) is 7.21. The number of rotatable bonds is 5. The number of hydrogen-bond donors (Lipinski definition) is 0. The Hall–Kier alpha value is -2.85. The van der Waals surface area contributed by atoms with E-state index >= 15 is 0 Å². The molecule has 10 heteroatoms. The van der Waals surface area contributed by atoms with Crippen molar-refractivity contribution in [3.8, 4) is 17.4 Å². The molecule has 0 amide bonds. The van der Waals surface area contributed by atoms with Gasteiger partial charge >= 0.3 is 0 Å². The predicted octanol–water partition coefficient (Wildman–Crippen LogP) is 3.40. The monoisotopic (exact) mass is 361 g/mol. The number of nitro groups is 1. The number of ether oxygens (including phenoxy) is 2. The summed E-state index contributed by atoms with van der Waals surface area (Å²) in [4.78, 5) is 10.7. The lowest BCUT2D eigenvalue weighted by atomic mass is 10.1. The van der Waals surface area contributed by atoms with Crippen LogP contribution in [0.5, 0.6) is 5.75 Å². The molecule has 0 atom stereocenters. The lowest BCUT2D eigenvalue weighted by Gasteiger charge is -2.20. The van der Waals surface area contributed by atoms with Crippen LogP contribution in [0.25, 0.3) is 11.7 Å². The zero-order valence-corrected chi connectivity index (χ0v) is 13.5. The SMILES string of the molecule is O=[N+]([O-])c1cc2c(c(CSc3nnc(-c4ccco4)o3)c1)OCOC2. The van der Waals surface area contributed by atoms with Crippen molar-refractivity contribution in [3.63, 3.8) is 0 Å². The summed E-state index contributed by atoms with van der Waals surface area (Å²) >= 11 is 1.26. The highest BCUT2D eigenvalue weighted by Crippen LogP contribution is 2.36. The lowest BCUT2D eigenvalue weighted by molar-refractivity contribution is -0.385. The molecule has 1 aliphatic heterocycles. The molecule has 0 unspecified atom stereocenters. The molecule has 0 N–H and O–H groups in total. The van der Waals surface area contributed by atoms with E-state index in [4.69, 9.17) is 18.3 Å². The number of furan rings is 1. The second-order valence-corrected chi connectivity index (χ2v) is 6.03. The van der Waals surface area contributed by atoms with Crippen molar-refractivity contribution in [3.05, 3.63) is 51.8 Å². The van der Waals surface area contributed by atoms with E-state index in [1.165, 1.54) is 30.2 Å². The molecule has 0 fully saturated rings. The minimum Gasteiger partial charge on any atom is -0.467 e. The number of fused-ring (bicyclic) bond motifs is 1. The van der Waals surface area contributed by atoms with Gasteiger partial charge in [-0.15, -0.1) is 10.2 Å². The standard InChI is InChI=1S/C15H11N3O6S/c19-18(20)11-4-9-6-21-8-23-13(9)10(5-11)7-25-15-17-16-14(24-15)12-2-1-3-22-12/h1-5H,6-8H2. The summed E-state index contributed by atoms with van der Waals surface area (Å²) in [5, 5.41) is 19.3. The fourth-order valence-electron chi connectivity index (χ4n) is 2.40. The minimum atomic E-state index is -0.440. The number of aromatic nitrogens is 2. The van der Waals surface area contributed by atoms with Crippen molar-refractivity contribution >= 4 is 17.4 Å². The van der Waals surface area contributed by atoms with Gasteiger partial charge in [-0.3, -0.25) is 10.1 Å². The van der Waals surface area contributed by atoms with Gasteiger partial charge in [0.05, 0.1) is 17.8 Å². The molecule has 3 heterocycles. The molecule has 0 radical (unpaired) electrons. The quantitative estimate of drug-likeness (QED) is 0.383. The fraction of sp³-hybridized carbons (Fsp3) is 0.200. The number of nitrogens with zero attached hydrogens (tertiary/aromatic N) is 3. The highest BCUT2D eigenvalue weighted by Gasteiger charge is 2.21. The number of hydrogen-bond acceptors (Lipinski definition) is 9. The molecule has 0 saturated heterocycles. The summed E-state index contributed by atoms with van der Waals surface area (Å²) in [5.74, 6) is 1.74. The topological polar surface area (TPSA) is 114 Å². The maximum absolute atomic E-state index is 11.1. The average molecular weight is 361 g/mol. The van der Waals surface area contributed by atoms with Crippen molar-refractivity contribution in [1.29, 1.82) is 0 Å². The van der Waals surface area contributed by atoms with Crippen LogP contribution in [0.1, 0.15) is 11.1 Å². The first-order chi connectivity index (χ1) is 12.2. The largest absolute Gasteiger partial charge is 0.467 e. The van der Waals surface area contributed by atoms with E-state index in [2.05, 4.69) is 10.2 Å². The van der Waals surface area contributed by atoms with Crippen LogP contribution in [-0.2, 0) is 17.1 Å². The molecule has 0 spiro atoms. The molecule has 25 heavy (non-hydrogen) atoms.